The fraction of sp³-hybridized carbons (Fsp3) is 0.222. The number of H-pyrrole nitrogens is 1. The first kappa shape index (κ1) is 16.5. The number of anilines is 1. The van der Waals surface area contributed by atoms with E-state index in [-0.39, 0.29) is 11.9 Å². The molecule has 1 aliphatic heterocycles. The van der Waals surface area contributed by atoms with E-state index in [0.29, 0.717) is 17.9 Å². The lowest BCUT2D eigenvalue weighted by Gasteiger charge is -2.02. The molecule has 0 unspecified atom stereocenters. The number of amides is 1. The molecule has 1 aliphatic rings. The molecule has 2 N–H and O–H groups in total. The molecule has 24 heavy (non-hydrogen) atoms. The first-order valence-corrected chi connectivity index (χ1v) is 8.41. The van der Waals surface area contributed by atoms with Crippen LogP contribution in [-0.4, -0.2) is 23.5 Å². The molecular weight excluding hydrogens is 372 g/mol. The van der Waals surface area contributed by atoms with Crippen LogP contribution in [0.15, 0.2) is 22.7 Å². The maximum absolute atomic E-state index is 12.3. The summed E-state index contributed by atoms with van der Waals surface area (Å²) in [5.74, 6) is -0.539. The average molecular weight is 389 g/mol. The third kappa shape index (κ3) is 2.78. The number of nitrogens with one attached hydrogen (secondary N) is 2. The first-order valence-electron chi connectivity index (χ1n) is 7.61. The van der Waals surface area contributed by atoms with Crippen molar-refractivity contribution in [2.45, 2.75) is 20.8 Å². The van der Waals surface area contributed by atoms with Crippen molar-refractivity contribution in [2.75, 3.05) is 11.9 Å². The Morgan fingerprint density at radius 1 is 1.33 bits per heavy atom. The van der Waals surface area contributed by atoms with Crippen LogP contribution in [0.3, 0.4) is 0 Å². The highest BCUT2D eigenvalue weighted by molar-refractivity contribution is 9.10. The lowest BCUT2D eigenvalue weighted by molar-refractivity contribution is -0.110. The second-order valence-electron chi connectivity index (χ2n) is 5.59. The number of benzene rings is 1. The summed E-state index contributed by atoms with van der Waals surface area (Å²) < 4.78 is 5.97. The topological polar surface area (TPSA) is 71.2 Å². The van der Waals surface area contributed by atoms with Crippen molar-refractivity contribution < 1.29 is 14.3 Å². The van der Waals surface area contributed by atoms with Gasteiger partial charge in [0.25, 0.3) is 5.91 Å². The first-order chi connectivity index (χ1) is 11.4. The van der Waals surface area contributed by atoms with Gasteiger partial charge in [-0.1, -0.05) is 15.9 Å². The van der Waals surface area contributed by atoms with Crippen LogP contribution in [0.25, 0.3) is 11.6 Å². The van der Waals surface area contributed by atoms with Crippen LogP contribution < -0.4 is 5.32 Å². The number of ether oxygens (including phenoxy) is 1. The van der Waals surface area contributed by atoms with E-state index in [1.54, 1.807) is 6.92 Å². The van der Waals surface area contributed by atoms with Gasteiger partial charge in [0.2, 0.25) is 0 Å². The largest absolute Gasteiger partial charge is 0.461 e. The number of hydrogen-bond donors (Lipinski definition) is 2. The van der Waals surface area contributed by atoms with Gasteiger partial charge in [-0.25, -0.2) is 4.79 Å². The Balaban J connectivity index is 2.09. The number of halogens is 1. The minimum Gasteiger partial charge on any atom is -0.461 e. The van der Waals surface area contributed by atoms with Gasteiger partial charge in [0.15, 0.2) is 0 Å². The molecule has 5 nitrogen and oxygen atoms in total. The van der Waals surface area contributed by atoms with Crippen LogP contribution in [-0.2, 0) is 9.53 Å². The fourth-order valence-corrected chi connectivity index (χ4v) is 3.20. The van der Waals surface area contributed by atoms with E-state index in [0.717, 1.165) is 32.5 Å². The molecule has 124 valence electrons. The third-order valence-corrected chi connectivity index (χ3v) is 4.52. The van der Waals surface area contributed by atoms with Crippen LogP contribution in [0, 0.1) is 13.8 Å². The van der Waals surface area contributed by atoms with Gasteiger partial charge >= 0.3 is 5.97 Å². The number of carbonyl (C=O) groups excluding carboxylic acids is 2. The molecule has 0 aliphatic carbocycles. The number of fused-ring (bicyclic) bond motifs is 1. The molecule has 0 fully saturated rings. The lowest BCUT2D eigenvalue weighted by atomic mass is 10.0. The van der Waals surface area contributed by atoms with Crippen molar-refractivity contribution in [2.24, 2.45) is 0 Å². The van der Waals surface area contributed by atoms with E-state index in [9.17, 15) is 9.59 Å². The SMILES string of the molecule is CCOC(=O)c1[nH]c(C)c(/C=C2/C(=O)Nc3ccc(Br)cc32)c1C. The maximum Gasteiger partial charge on any atom is 0.355 e. The number of esters is 1. The predicted molar refractivity (Wildman–Crippen MR) is 96.9 cm³/mol. The Labute approximate surface area is 148 Å². The van der Waals surface area contributed by atoms with Crippen molar-refractivity contribution in [3.63, 3.8) is 0 Å². The van der Waals surface area contributed by atoms with Gasteiger partial charge in [-0.3, -0.25) is 4.79 Å². The van der Waals surface area contributed by atoms with Crippen LogP contribution in [0.2, 0.25) is 0 Å². The number of rotatable bonds is 3. The molecule has 2 aromatic rings. The van der Waals surface area contributed by atoms with Crippen LogP contribution in [0.5, 0.6) is 0 Å². The Morgan fingerprint density at radius 2 is 2.08 bits per heavy atom. The summed E-state index contributed by atoms with van der Waals surface area (Å²) in [6.45, 7) is 5.80. The molecule has 0 bridgehead atoms. The molecule has 0 atom stereocenters. The van der Waals surface area contributed by atoms with Crippen molar-refractivity contribution >= 4 is 45.1 Å². The Kier molecular flexibility index (Phi) is 4.32. The van der Waals surface area contributed by atoms with E-state index in [1.807, 2.05) is 38.1 Å². The van der Waals surface area contributed by atoms with E-state index >= 15 is 0 Å². The highest BCUT2D eigenvalue weighted by Crippen LogP contribution is 2.36. The summed E-state index contributed by atoms with van der Waals surface area (Å²) in [5.41, 5.74) is 5.05. The number of carbonyl (C=O) groups is 2. The second-order valence-corrected chi connectivity index (χ2v) is 6.50. The monoisotopic (exact) mass is 388 g/mol. The number of hydrogen-bond acceptors (Lipinski definition) is 3. The molecule has 1 aromatic carbocycles. The van der Waals surface area contributed by atoms with E-state index in [1.165, 1.54) is 0 Å². The zero-order valence-electron chi connectivity index (χ0n) is 13.6. The van der Waals surface area contributed by atoms with E-state index in [2.05, 4.69) is 26.2 Å². The van der Waals surface area contributed by atoms with Gasteiger partial charge in [0.05, 0.1) is 6.61 Å². The highest BCUT2D eigenvalue weighted by Gasteiger charge is 2.26. The van der Waals surface area contributed by atoms with Gasteiger partial charge in [-0.05, 0) is 56.2 Å². The van der Waals surface area contributed by atoms with Crippen molar-refractivity contribution in [1.82, 2.24) is 4.98 Å². The highest BCUT2D eigenvalue weighted by atomic mass is 79.9. The van der Waals surface area contributed by atoms with E-state index < -0.39 is 0 Å². The molecule has 2 heterocycles. The Hall–Kier alpha value is -2.34. The van der Waals surface area contributed by atoms with Gasteiger partial charge < -0.3 is 15.0 Å². The summed E-state index contributed by atoms with van der Waals surface area (Å²) in [4.78, 5) is 27.4. The molecule has 6 heteroatoms. The molecule has 0 radical (unpaired) electrons. The number of aromatic nitrogens is 1. The Morgan fingerprint density at radius 3 is 2.79 bits per heavy atom. The van der Waals surface area contributed by atoms with Gasteiger partial charge in [0, 0.05) is 27.0 Å². The fourth-order valence-electron chi connectivity index (χ4n) is 2.84. The average Bonchev–Trinajstić information content (AvgIpc) is 2.99. The molecule has 1 aromatic heterocycles. The van der Waals surface area contributed by atoms with Crippen molar-refractivity contribution in [1.29, 1.82) is 0 Å². The van der Waals surface area contributed by atoms with Gasteiger partial charge in [-0.15, -0.1) is 0 Å². The zero-order chi connectivity index (χ0) is 17.4. The second kappa shape index (κ2) is 6.28. The Bertz CT molecular complexity index is 881. The predicted octanol–water partition coefficient (Wildman–Crippen LogP) is 4.06. The van der Waals surface area contributed by atoms with Gasteiger partial charge in [0.1, 0.15) is 5.69 Å². The van der Waals surface area contributed by atoms with Crippen LogP contribution in [0.4, 0.5) is 5.69 Å². The number of aryl methyl sites for hydroxylation is 1. The van der Waals surface area contributed by atoms with Crippen LogP contribution >= 0.6 is 15.9 Å². The molecule has 3 rings (SSSR count). The van der Waals surface area contributed by atoms with Crippen molar-refractivity contribution in [3.8, 4) is 0 Å². The summed E-state index contributed by atoms with van der Waals surface area (Å²) >= 11 is 3.43. The normalized spacial score (nSPS) is 14.7. The lowest BCUT2D eigenvalue weighted by Crippen LogP contribution is -2.06. The standard InChI is InChI=1S/C18H17BrN2O3/c1-4-24-18(23)16-9(2)12(10(3)20-16)8-14-13-7-11(19)5-6-15(13)21-17(14)22/h5-8,20H,4H2,1-3H3,(H,21,22)/b14-8+. The number of aromatic amines is 1. The zero-order valence-corrected chi connectivity index (χ0v) is 15.2. The summed E-state index contributed by atoms with van der Waals surface area (Å²) in [6, 6.07) is 5.65. The summed E-state index contributed by atoms with van der Waals surface area (Å²) in [6.07, 6.45) is 1.82. The van der Waals surface area contributed by atoms with E-state index in [4.69, 9.17) is 4.74 Å². The molecule has 0 spiro atoms. The summed E-state index contributed by atoms with van der Waals surface area (Å²) in [5, 5.41) is 2.85. The van der Waals surface area contributed by atoms with Crippen molar-refractivity contribution in [3.05, 3.63) is 50.8 Å². The maximum atomic E-state index is 12.3. The minimum atomic E-state index is -0.387. The van der Waals surface area contributed by atoms with Gasteiger partial charge in [-0.2, -0.15) is 0 Å². The van der Waals surface area contributed by atoms with Crippen LogP contribution in [0.1, 0.15) is 39.8 Å². The molecular formula is C18H17BrN2O3. The minimum absolute atomic E-state index is 0.152. The smallest absolute Gasteiger partial charge is 0.355 e. The molecule has 1 amide bonds. The third-order valence-electron chi connectivity index (χ3n) is 4.03. The summed E-state index contributed by atoms with van der Waals surface area (Å²) in [7, 11) is 0. The molecule has 0 saturated carbocycles. The quantitative estimate of drug-likeness (QED) is 0.614. The molecule has 0 saturated heterocycles.